The van der Waals surface area contributed by atoms with Gasteiger partial charge in [-0.1, -0.05) is 24.3 Å². The summed E-state index contributed by atoms with van der Waals surface area (Å²) in [5, 5.41) is 4.56. The molecule has 0 spiro atoms. The quantitative estimate of drug-likeness (QED) is 0.321. The number of ether oxygens (including phenoxy) is 1. The van der Waals surface area contributed by atoms with E-state index in [4.69, 9.17) is 4.74 Å². The van der Waals surface area contributed by atoms with E-state index in [0.717, 1.165) is 18.5 Å². The lowest BCUT2D eigenvalue weighted by molar-refractivity contribution is 0.0973. The number of nitrogens with zero attached hydrogens (tertiary/aromatic N) is 3. The molecular weight excluding hydrogens is 448 g/mol. The number of aryl methyl sites for hydroxylation is 2. The van der Waals surface area contributed by atoms with E-state index in [2.05, 4.69) is 29.2 Å². The van der Waals surface area contributed by atoms with Crippen LogP contribution in [0, 0.1) is 25.5 Å². The average Bonchev–Trinajstić information content (AvgIpc) is 3.16. The van der Waals surface area contributed by atoms with E-state index < -0.39 is 11.6 Å². The predicted octanol–water partition coefficient (Wildman–Crippen LogP) is 6.00. The van der Waals surface area contributed by atoms with Crippen molar-refractivity contribution < 1.29 is 18.3 Å². The number of carbonyl (C=O) groups excluding carboxylic acids is 1. The number of Topliss-reactive ketones (excluding diaryl/α,β-unsaturated/α-hetero) is 1. The van der Waals surface area contributed by atoms with Crippen molar-refractivity contribution in [1.82, 2.24) is 9.61 Å². The van der Waals surface area contributed by atoms with Gasteiger partial charge in [0.25, 0.3) is 0 Å². The molecular formula is C28H27F2N3O2. The van der Waals surface area contributed by atoms with Crippen molar-refractivity contribution in [2.24, 2.45) is 0 Å². The first-order valence-electron chi connectivity index (χ1n) is 11.7. The largest absolute Gasteiger partial charge is 0.473 e. The van der Waals surface area contributed by atoms with Gasteiger partial charge in [-0.15, -0.1) is 0 Å². The number of halogens is 2. The molecule has 0 amide bonds. The van der Waals surface area contributed by atoms with Gasteiger partial charge < -0.3 is 9.64 Å². The zero-order chi connectivity index (χ0) is 24.7. The topological polar surface area (TPSA) is 46.8 Å². The van der Waals surface area contributed by atoms with Crippen molar-refractivity contribution in [2.45, 2.75) is 39.2 Å². The fourth-order valence-electron chi connectivity index (χ4n) is 4.97. The van der Waals surface area contributed by atoms with Crippen molar-refractivity contribution in [3.63, 3.8) is 0 Å². The lowest BCUT2D eigenvalue weighted by Gasteiger charge is -2.33. The van der Waals surface area contributed by atoms with Crippen LogP contribution in [0.4, 0.5) is 14.5 Å². The summed E-state index contributed by atoms with van der Waals surface area (Å²) in [5.41, 5.74) is 4.87. The number of carbonyl (C=O) groups is 1. The number of para-hydroxylation sites is 1. The summed E-state index contributed by atoms with van der Waals surface area (Å²) in [4.78, 5) is 15.8. The highest BCUT2D eigenvalue weighted by atomic mass is 19.1. The highest BCUT2D eigenvalue weighted by Crippen LogP contribution is 2.37. The van der Waals surface area contributed by atoms with Crippen molar-refractivity contribution in [3.8, 4) is 5.88 Å². The second-order valence-electron chi connectivity index (χ2n) is 9.21. The van der Waals surface area contributed by atoms with Gasteiger partial charge in [-0.25, -0.2) is 13.3 Å². The van der Waals surface area contributed by atoms with Crippen molar-refractivity contribution in [2.75, 3.05) is 18.5 Å². The molecule has 5 nitrogen and oxygen atoms in total. The molecule has 0 aliphatic carbocycles. The van der Waals surface area contributed by atoms with Crippen LogP contribution in [0.2, 0.25) is 0 Å². The van der Waals surface area contributed by atoms with E-state index in [1.807, 2.05) is 25.1 Å². The van der Waals surface area contributed by atoms with Gasteiger partial charge in [-0.2, -0.15) is 5.10 Å². The van der Waals surface area contributed by atoms with Crippen LogP contribution in [-0.4, -0.2) is 29.0 Å². The van der Waals surface area contributed by atoms with Crippen molar-refractivity contribution >= 4 is 17.0 Å². The van der Waals surface area contributed by atoms with Crippen LogP contribution < -0.4 is 9.64 Å². The maximum absolute atomic E-state index is 14.1. The highest BCUT2D eigenvalue weighted by molar-refractivity contribution is 6.04. The summed E-state index contributed by atoms with van der Waals surface area (Å²) < 4.78 is 35.5. The van der Waals surface area contributed by atoms with Gasteiger partial charge in [0.05, 0.1) is 22.3 Å². The van der Waals surface area contributed by atoms with Gasteiger partial charge in [0.1, 0.15) is 18.2 Å². The van der Waals surface area contributed by atoms with Crippen molar-refractivity contribution in [1.29, 1.82) is 0 Å². The van der Waals surface area contributed by atoms with Crippen LogP contribution >= 0.6 is 0 Å². The molecule has 1 aliphatic heterocycles. The molecule has 0 radical (unpaired) electrons. The maximum atomic E-state index is 14.1. The summed E-state index contributed by atoms with van der Waals surface area (Å²) >= 11 is 0. The number of ketones is 1. The summed E-state index contributed by atoms with van der Waals surface area (Å²) in [5.74, 6) is -0.846. The molecule has 0 fully saturated rings. The molecule has 0 N–H and O–H groups in total. The zero-order valence-electron chi connectivity index (χ0n) is 20.0. The molecule has 5 rings (SSSR count). The first kappa shape index (κ1) is 23.0. The van der Waals surface area contributed by atoms with Gasteiger partial charge in [0.15, 0.2) is 5.78 Å². The maximum Gasteiger partial charge on any atom is 0.215 e. The monoisotopic (exact) mass is 475 g/mol. The van der Waals surface area contributed by atoms with Crippen LogP contribution in [0.5, 0.6) is 5.88 Å². The number of hydrogen-bond acceptors (Lipinski definition) is 4. The smallest absolute Gasteiger partial charge is 0.215 e. The number of hydrogen-bond donors (Lipinski definition) is 0. The van der Waals surface area contributed by atoms with Crippen molar-refractivity contribution in [3.05, 3.63) is 94.2 Å². The Morgan fingerprint density at radius 2 is 1.83 bits per heavy atom. The standard InChI is InChI=1S/C28H27F2N3O2/c1-17-13-25-28(26(34)15-19-11-12-32(3)24-10-5-4-7-20(19)24)18(2)31-33(25)27(14-17)35-16-21-22(29)8-6-9-23(21)30/h4-10,13-14,19H,11-12,15-16H2,1-3H3. The third-order valence-electron chi connectivity index (χ3n) is 6.76. The number of benzene rings is 2. The second-order valence-corrected chi connectivity index (χ2v) is 9.21. The summed E-state index contributed by atoms with van der Waals surface area (Å²) in [6.45, 7) is 4.30. The summed E-state index contributed by atoms with van der Waals surface area (Å²) in [6.07, 6.45) is 1.29. The Balaban J connectivity index is 1.46. The van der Waals surface area contributed by atoms with E-state index in [0.29, 0.717) is 29.1 Å². The highest BCUT2D eigenvalue weighted by Gasteiger charge is 2.28. The van der Waals surface area contributed by atoms with Crippen LogP contribution in [0.25, 0.3) is 5.52 Å². The minimum absolute atomic E-state index is 0.0264. The van der Waals surface area contributed by atoms with Gasteiger partial charge in [0, 0.05) is 31.8 Å². The van der Waals surface area contributed by atoms with Crippen LogP contribution in [0.1, 0.15) is 51.5 Å². The van der Waals surface area contributed by atoms with E-state index in [1.165, 1.54) is 29.4 Å². The molecule has 2 aromatic carbocycles. The van der Waals surface area contributed by atoms with E-state index in [1.54, 1.807) is 17.5 Å². The van der Waals surface area contributed by atoms with Crippen LogP contribution in [0.3, 0.4) is 0 Å². The normalized spacial score (nSPS) is 15.3. The molecule has 1 atom stereocenters. The van der Waals surface area contributed by atoms with Crippen LogP contribution in [0.15, 0.2) is 54.6 Å². The number of anilines is 1. The zero-order valence-corrected chi connectivity index (χ0v) is 20.0. The van der Waals surface area contributed by atoms with E-state index in [9.17, 15) is 13.6 Å². The molecule has 7 heteroatoms. The van der Waals surface area contributed by atoms with Gasteiger partial charge in [0.2, 0.25) is 5.88 Å². The first-order valence-corrected chi connectivity index (χ1v) is 11.7. The Kier molecular flexibility index (Phi) is 6.01. The molecule has 0 saturated heterocycles. The van der Waals surface area contributed by atoms with Crippen LogP contribution in [-0.2, 0) is 6.61 Å². The average molecular weight is 476 g/mol. The number of rotatable bonds is 6. The van der Waals surface area contributed by atoms with E-state index in [-0.39, 0.29) is 23.9 Å². The summed E-state index contributed by atoms with van der Waals surface area (Å²) in [6, 6.07) is 15.6. The fraction of sp³-hybridized carbons (Fsp3) is 0.286. The molecule has 0 bridgehead atoms. The third-order valence-corrected chi connectivity index (χ3v) is 6.76. The Hall–Kier alpha value is -3.74. The third kappa shape index (κ3) is 4.27. The SMILES string of the molecule is Cc1cc(OCc2c(F)cccc2F)n2nc(C)c(C(=O)CC3CCN(C)c4ccccc43)c2c1. The molecule has 4 aromatic rings. The minimum Gasteiger partial charge on any atom is -0.473 e. The molecule has 1 aliphatic rings. The Labute approximate surface area is 202 Å². The van der Waals surface area contributed by atoms with E-state index >= 15 is 0 Å². The van der Waals surface area contributed by atoms with Gasteiger partial charge in [-0.3, -0.25) is 4.79 Å². The number of fused-ring (bicyclic) bond motifs is 2. The second kappa shape index (κ2) is 9.13. The first-order chi connectivity index (χ1) is 16.8. The molecule has 2 aromatic heterocycles. The molecule has 3 heterocycles. The molecule has 1 unspecified atom stereocenters. The molecule has 35 heavy (non-hydrogen) atoms. The minimum atomic E-state index is -0.667. The lowest BCUT2D eigenvalue weighted by atomic mass is 9.85. The Morgan fingerprint density at radius 1 is 1.09 bits per heavy atom. The lowest BCUT2D eigenvalue weighted by Crippen LogP contribution is -2.28. The molecule has 0 saturated carbocycles. The number of aromatic nitrogens is 2. The Morgan fingerprint density at radius 3 is 2.60 bits per heavy atom. The molecule has 180 valence electrons. The fourth-order valence-corrected chi connectivity index (χ4v) is 4.97. The Bertz CT molecular complexity index is 1410. The number of pyridine rings is 1. The summed E-state index contributed by atoms with van der Waals surface area (Å²) in [7, 11) is 2.07. The predicted molar refractivity (Wildman–Crippen MR) is 131 cm³/mol. The van der Waals surface area contributed by atoms with Gasteiger partial charge in [-0.05, 0) is 61.6 Å². The van der Waals surface area contributed by atoms with Gasteiger partial charge >= 0.3 is 0 Å².